The Morgan fingerprint density at radius 1 is 1.00 bits per heavy atom. The second kappa shape index (κ2) is 10.8. The highest BCUT2D eigenvalue weighted by Crippen LogP contribution is 2.31. The number of rotatable bonds is 8. The van der Waals surface area contributed by atoms with Crippen LogP contribution in [-0.4, -0.2) is 29.1 Å². The van der Waals surface area contributed by atoms with E-state index in [9.17, 15) is 22.8 Å². The van der Waals surface area contributed by atoms with Gasteiger partial charge in [0.15, 0.2) is 5.60 Å². The Bertz CT molecular complexity index is 1240. The lowest BCUT2D eigenvalue weighted by atomic mass is 10.1. The number of hydrogen-bond acceptors (Lipinski definition) is 5. The summed E-state index contributed by atoms with van der Waals surface area (Å²) in [7, 11) is 0. The van der Waals surface area contributed by atoms with E-state index in [4.69, 9.17) is 9.47 Å². The molecule has 0 atom stereocenters. The Labute approximate surface area is 207 Å². The molecule has 0 radical (unpaired) electrons. The molecule has 1 heterocycles. The molecule has 0 fully saturated rings. The lowest BCUT2D eigenvalue weighted by Crippen LogP contribution is -2.39. The van der Waals surface area contributed by atoms with E-state index < -0.39 is 23.3 Å². The number of carbonyl (C=O) groups is 2. The summed E-state index contributed by atoms with van der Waals surface area (Å²) in [5.74, 6) is -0.373. The third-order valence-electron chi connectivity index (χ3n) is 5.33. The van der Waals surface area contributed by atoms with Crippen molar-refractivity contribution >= 4 is 11.9 Å². The Hall–Kier alpha value is -3.88. The minimum atomic E-state index is -4.41. The van der Waals surface area contributed by atoms with Gasteiger partial charge < -0.3 is 14.8 Å². The number of hydrogen-bond donors (Lipinski definition) is 1. The quantitative estimate of drug-likeness (QED) is 0.400. The fraction of sp³-hybridized carbons (Fsp3) is 0.296. The van der Waals surface area contributed by atoms with Crippen molar-refractivity contribution in [2.75, 3.05) is 6.61 Å². The summed E-state index contributed by atoms with van der Waals surface area (Å²) in [5.41, 5.74) is 0.618. The third-order valence-corrected chi connectivity index (χ3v) is 5.33. The van der Waals surface area contributed by atoms with Crippen LogP contribution in [0.3, 0.4) is 0 Å². The number of aromatic nitrogens is 1. The number of benzene rings is 2. The predicted octanol–water partition coefficient (Wildman–Crippen LogP) is 5.73. The number of halogens is 3. The first kappa shape index (κ1) is 26.7. The first-order valence-electron chi connectivity index (χ1n) is 11.3. The Morgan fingerprint density at radius 3 is 2.31 bits per heavy atom. The molecule has 3 aromatic rings. The molecule has 1 N–H and O–H groups in total. The van der Waals surface area contributed by atoms with Crippen molar-refractivity contribution in [1.29, 1.82) is 0 Å². The molecule has 0 aliphatic rings. The molecule has 2 aromatic carbocycles. The lowest BCUT2D eigenvalue weighted by Gasteiger charge is -2.24. The fourth-order valence-corrected chi connectivity index (χ4v) is 3.43. The van der Waals surface area contributed by atoms with Gasteiger partial charge in [0.25, 0.3) is 5.91 Å². The molecule has 0 spiro atoms. The summed E-state index contributed by atoms with van der Waals surface area (Å²) in [5, 5.41) is 2.82. The molecule has 190 valence electrons. The maximum absolute atomic E-state index is 12.8. The molecule has 0 unspecified atom stereocenters. The van der Waals surface area contributed by atoms with Gasteiger partial charge in [-0.05, 0) is 69.7 Å². The molecule has 1 amide bonds. The largest absolute Gasteiger partial charge is 0.476 e. The van der Waals surface area contributed by atoms with Crippen molar-refractivity contribution < 1.29 is 32.2 Å². The van der Waals surface area contributed by atoms with Crippen LogP contribution in [0.5, 0.6) is 5.75 Å². The van der Waals surface area contributed by atoms with Gasteiger partial charge in [-0.15, -0.1) is 0 Å². The normalized spacial score (nSPS) is 11.6. The van der Waals surface area contributed by atoms with Crippen LogP contribution in [0.4, 0.5) is 13.2 Å². The van der Waals surface area contributed by atoms with E-state index in [1.165, 1.54) is 12.1 Å². The van der Waals surface area contributed by atoms with Crippen LogP contribution in [0.2, 0.25) is 0 Å². The van der Waals surface area contributed by atoms with Gasteiger partial charge in [-0.25, -0.2) is 4.79 Å². The second-order valence-corrected chi connectivity index (χ2v) is 8.57. The first-order valence-corrected chi connectivity index (χ1v) is 11.3. The highest BCUT2D eigenvalue weighted by atomic mass is 19.4. The summed E-state index contributed by atoms with van der Waals surface area (Å²) < 4.78 is 49.2. The van der Waals surface area contributed by atoms with Crippen LogP contribution in [0.25, 0.3) is 11.3 Å². The van der Waals surface area contributed by atoms with Crippen molar-refractivity contribution in [2.45, 2.75) is 46.0 Å². The van der Waals surface area contributed by atoms with Crippen molar-refractivity contribution in [3.8, 4) is 17.0 Å². The molecule has 36 heavy (non-hydrogen) atoms. The van der Waals surface area contributed by atoms with E-state index >= 15 is 0 Å². The number of nitrogens with zero attached hydrogens (tertiary/aromatic N) is 1. The van der Waals surface area contributed by atoms with Crippen LogP contribution in [0, 0.1) is 6.92 Å². The topological polar surface area (TPSA) is 77.5 Å². The van der Waals surface area contributed by atoms with Gasteiger partial charge in [-0.3, -0.25) is 9.78 Å². The highest BCUT2D eigenvalue weighted by Gasteiger charge is 2.32. The molecule has 0 aliphatic heterocycles. The Morgan fingerprint density at radius 2 is 1.69 bits per heavy atom. The van der Waals surface area contributed by atoms with Gasteiger partial charge in [0, 0.05) is 12.1 Å². The van der Waals surface area contributed by atoms with Crippen LogP contribution in [0.1, 0.15) is 48.0 Å². The van der Waals surface area contributed by atoms with Gasteiger partial charge in [0.05, 0.1) is 29.1 Å². The molecule has 0 saturated carbocycles. The fourth-order valence-electron chi connectivity index (χ4n) is 3.43. The number of amides is 1. The SMILES string of the molecule is CCOC(=O)C(C)(C)Oc1cccc(CNC(=O)c2ccc(-c3ccc(C(F)(F)F)cc3)nc2C)c1. The van der Waals surface area contributed by atoms with E-state index in [1.807, 2.05) is 6.07 Å². The Balaban J connectivity index is 1.66. The van der Waals surface area contributed by atoms with Crippen molar-refractivity contribution in [1.82, 2.24) is 10.3 Å². The van der Waals surface area contributed by atoms with Crippen LogP contribution < -0.4 is 10.1 Å². The van der Waals surface area contributed by atoms with Gasteiger partial charge in [-0.2, -0.15) is 13.2 Å². The van der Waals surface area contributed by atoms with E-state index in [-0.39, 0.29) is 19.1 Å². The minimum absolute atomic E-state index is 0.204. The standard InChI is InChI=1S/C27H27F3N2O4/c1-5-35-25(34)26(3,4)36-21-8-6-7-18(15-21)16-31-24(33)22-13-14-23(32-17(22)2)19-9-11-20(12-10-19)27(28,29)30/h6-15H,5,16H2,1-4H3,(H,31,33). The van der Waals surface area contributed by atoms with Gasteiger partial charge >= 0.3 is 12.1 Å². The van der Waals surface area contributed by atoms with Gasteiger partial charge in [0.2, 0.25) is 0 Å². The second-order valence-electron chi connectivity index (χ2n) is 8.57. The summed E-state index contributed by atoms with van der Waals surface area (Å²) in [6.45, 7) is 7.06. The number of pyridine rings is 1. The highest BCUT2D eigenvalue weighted by molar-refractivity contribution is 5.95. The summed E-state index contributed by atoms with van der Waals surface area (Å²) >= 11 is 0. The molecule has 9 heteroatoms. The van der Waals surface area contributed by atoms with Crippen LogP contribution in [0.15, 0.2) is 60.7 Å². The van der Waals surface area contributed by atoms with Crippen molar-refractivity contribution in [3.05, 3.63) is 83.0 Å². The lowest BCUT2D eigenvalue weighted by molar-refractivity contribution is -0.158. The minimum Gasteiger partial charge on any atom is -0.476 e. The number of carbonyl (C=O) groups excluding carboxylic acids is 2. The van der Waals surface area contributed by atoms with Crippen molar-refractivity contribution in [2.24, 2.45) is 0 Å². The molecule has 0 bridgehead atoms. The van der Waals surface area contributed by atoms with Crippen molar-refractivity contribution in [3.63, 3.8) is 0 Å². The van der Waals surface area contributed by atoms with E-state index in [0.29, 0.717) is 28.3 Å². The van der Waals surface area contributed by atoms with Gasteiger partial charge in [0.1, 0.15) is 5.75 Å². The number of nitrogens with one attached hydrogen (secondary N) is 1. The first-order chi connectivity index (χ1) is 16.9. The summed E-state index contributed by atoms with van der Waals surface area (Å²) in [6, 6.07) is 14.9. The van der Waals surface area contributed by atoms with Crippen LogP contribution >= 0.6 is 0 Å². The average Bonchev–Trinajstić information content (AvgIpc) is 2.82. The molecule has 0 aliphatic carbocycles. The smallest absolute Gasteiger partial charge is 0.416 e. The zero-order chi connectivity index (χ0) is 26.5. The number of aryl methyl sites for hydroxylation is 1. The van der Waals surface area contributed by atoms with E-state index in [2.05, 4.69) is 10.3 Å². The maximum Gasteiger partial charge on any atom is 0.416 e. The number of esters is 1. The third kappa shape index (κ3) is 6.62. The summed E-state index contributed by atoms with van der Waals surface area (Å²) in [6.07, 6.45) is -4.41. The predicted molar refractivity (Wildman–Crippen MR) is 128 cm³/mol. The maximum atomic E-state index is 12.8. The zero-order valence-corrected chi connectivity index (χ0v) is 20.4. The Kier molecular flexibility index (Phi) is 8.02. The zero-order valence-electron chi connectivity index (χ0n) is 20.4. The van der Waals surface area contributed by atoms with E-state index in [0.717, 1.165) is 17.7 Å². The molecule has 1 aromatic heterocycles. The van der Waals surface area contributed by atoms with Crippen LogP contribution in [-0.2, 0) is 22.3 Å². The molecule has 3 rings (SSSR count). The number of ether oxygens (including phenoxy) is 2. The molecule has 0 saturated heterocycles. The molecular formula is C27H27F3N2O4. The molecular weight excluding hydrogens is 473 g/mol. The number of alkyl halides is 3. The van der Waals surface area contributed by atoms with E-state index in [1.54, 1.807) is 58.0 Å². The monoisotopic (exact) mass is 500 g/mol. The van der Waals surface area contributed by atoms with Gasteiger partial charge in [-0.1, -0.05) is 24.3 Å². The summed E-state index contributed by atoms with van der Waals surface area (Å²) in [4.78, 5) is 29.2. The average molecular weight is 501 g/mol. The molecule has 6 nitrogen and oxygen atoms in total.